The van der Waals surface area contributed by atoms with Gasteiger partial charge in [-0.05, 0) is 24.6 Å². The van der Waals surface area contributed by atoms with Gasteiger partial charge in [-0.2, -0.15) is 0 Å². The molecule has 0 radical (unpaired) electrons. The average Bonchev–Trinajstić information content (AvgIpc) is 2.77. The zero-order valence-corrected chi connectivity index (χ0v) is 18.8. The summed E-state index contributed by atoms with van der Waals surface area (Å²) in [5, 5.41) is 0. The molecule has 1 aromatic rings. The maximum atomic E-state index is 13.2. The van der Waals surface area contributed by atoms with E-state index in [-0.39, 0.29) is 17.3 Å². The van der Waals surface area contributed by atoms with Gasteiger partial charge in [0.25, 0.3) is 5.91 Å². The molecule has 0 atom stereocenters. The van der Waals surface area contributed by atoms with Crippen molar-refractivity contribution in [2.75, 3.05) is 52.5 Å². The molecule has 1 aliphatic rings. The van der Waals surface area contributed by atoms with Crippen molar-refractivity contribution in [3.05, 3.63) is 42.5 Å². The number of morpholine rings is 1. The highest BCUT2D eigenvalue weighted by molar-refractivity contribution is 7.89. The number of hydrogen-bond acceptors (Lipinski definition) is 5. The molecule has 1 aromatic carbocycles. The van der Waals surface area contributed by atoms with Crippen LogP contribution in [-0.2, 0) is 14.8 Å². The van der Waals surface area contributed by atoms with E-state index in [0.29, 0.717) is 18.7 Å². The van der Waals surface area contributed by atoms with Crippen molar-refractivity contribution in [1.29, 1.82) is 0 Å². The molecule has 0 saturated carbocycles. The number of amides is 1. The van der Waals surface area contributed by atoms with Crippen molar-refractivity contribution in [2.45, 2.75) is 37.5 Å². The average molecular weight is 438 g/mol. The standard InChI is InChI=1S/C22H35N3O4S/c1-3-5-6-7-12-25(14-13-24-15-17-29-18-16-24)22(26)20-9-8-10-21(19-20)30(27,28)23-11-4-2/h4,8-10,19,23H,2-3,5-7,11-18H2,1H3. The number of hydrogen-bond donors (Lipinski definition) is 1. The van der Waals surface area contributed by atoms with E-state index < -0.39 is 10.0 Å². The molecule has 1 saturated heterocycles. The van der Waals surface area contributed by atoms with Crippen LogP contribution in [0.1, 0.15) is 43.0 Å². The van der Waals surface area contributed by atoms with Crippen LogP contribution in [0.15, 0.2) is 41.8 Å². The Balaban J connectivity index is 2.10. The van der Waals surface area contributed by atoms with Gasteiger partial charge in [0, 0.05) is 44.8 Å². The Morgan fingerprint density at radius 1 is 1.23 bits per heavy atom. The molecule has 8 heteroatoms. The van der Waals surface area contributed by atoms with Gasteiger partial charge in [-0.15, -0.1) is 6.58 Å². The number of nitrogens with zero attached hydrogens (tertiary/aromatic N) is 2. The fourth-order valence-electron chi connectivity index (χ4n) is 3.36. The lowest BCUT2D eigenvalue weighted by atomic mass is 10.1. The van der Waals surface area contributed by atoms with E-state index in [1.54, 1.807) is 12.1 Å². The van der Waals surface area contributed by atoms with E-state index >= 15 is 0 Å². The van der Waals surface area contributed by atoms with Gasteiger partial charge in [-0.1, -0.05) is 38.3 Å². The summed E-state index contributed by atoms with van der Waals surface area (Å²) in [4.78, 5) is 17.5. The number of rotatable bonds is 13. The van der Waals surface area contributed by atoms with Crippen LogP contribution < -0.4 is 4.72 Å². The molecule has 0 aliphatic carbocycles. The summed E-state index contributed by atoms with van der Waals surface area (Å²) in [6.07, 6.45) is 5.79. The van der Waals surface area contributed by atoms with Gasteiger partial charge in [-0.25, -0.2) is 13.1 Å². The topological polar surface area (TPSA) is 79.0 Å². The third-order valence-electron chi connectivity index (χ3n) is 5.17. The Morgan fingerprint density at radius 3 is 2.70 bits per heavy atom. The lowest BCUT2D eigenvalue weighted by Crippen LogP contribution is -2.43. The maximum absolute atomic E-state index is 13.2. The minimum atomic E-state index is -3.67. The van der Waals surface area contributed by atoms with Crippen LogP contribution in [0.2, 0.25) is 0 Å². The highest BCUT2D eigenvalue weighted by atomic mass is 32.2. The fraction of sp³-hybridized carbons (Fsp3) is 0.591. The SMILES string of the molecule is C=CCNS(=O)(=O)c1cccc(C(=O)N(CCCCCC)CCN2CCOCC2)c1. The number of ether oxygens (including phenoxy) is 1. The highest BCUT2D eigenvalue weighted by Gasteiger charge is 2.20. The van der Waals surface area contributed by atoms with E-state index in [1.165, 1.54) is 18.2 Å². The van der Waals surface area contributed by atoms with Crippen molar-refractivity contribution in [3.63, 3.8) is 0 Å². The summed E-state index contributed by atoms with van der Waals surface area (Å²) in [7, 11) is -3.67. The molecule has 0 aromatic heterocycles. The monoisotopic (exact) mass is 437 g/mol. The molecule has 1 heterocycles. The first-order valence-corrected chi connectivity index (χ1v) is 12.3. The van der Waals surface area contributed by atoms with Gasteiger partial charge in [-0.3, -0.25) is 9.69 Å². The van der Waals surface area contributed by atoms with Gasteiger partial charge < -0.3 is 9.64 Å². The second-order valence-electron chi connectivity index (χ2n) is 7.48. The fourth-order valence-corrected chi connectivity index (χ4v) is 4.41. The number of sulfonamides is 1. The van der Waals surface area contributed by atoms with E-state index in [2.05, 4.69) is 23.1 Å². The first-order valence-electron chi connectivity index (χ1n) is 10.8. The van der Waals surface area contributed by atoms with Crippen LogP contribution >= 0.6 is 0 Å². The molecule has 0 bridgehead atoms. The second kappa shape index (κ2) is 12.8. The summed E-state index contributed by atoms with van der Waals surface area (Å²) >= 11 is 0. The number of nitrogens with one attached hydrogen (secondary N) is 1. The maximum Gasteiger partial charge on any atom is 0.253 e. The van der Waals surface area contributed by atoms with Crippen LogP contribution in [0.25, 0.3) is 0 Å². The first kappa shape index (κ1) is 24.5. The van der Waals surface area contributed by atoms with Crippen LogP contribution in [0, 0.1) is 0 Å². The lowest BCUT2D eigenvalue weighted by molar-refractivity contribution is 0.0324. The van der Waals surface area contributed by atoms with Gasteiger partial charge >= 0.3 is 0 Å². The molecule has 168 valence electrons. The largest absolute Gasteiger partial charge is 0.379 e. The molecule has 0 spiro atoms. The van der Waals surface area contributed by atoms with Crippen LogP contribution in [0.3, 0.4) is 0 Å². The number of carbonyl (C=O) groups is 1. The summed E-state index contributed by atoms with van der Waals surface area (Å²) in [5.74, 6) is -0.125. The Labute approximate surface area is 181 Å². The van der Waals surface area contributed by atoms with Crippen LogP contribution in [-0.4, -0.2) is 76.6 Å². The summed E-state index contributed by atoms with van der Waals surface area (Å²) in [6, 6.07) is 6.26. The lowest BCUT2D eigenvalue weighted by Gasteiger charge is -2.30. The van der Waals surface area contributed by atoms with E-state index in [1.807, 2.05) is 4.90 Å². The molecule has 7 nitrogen and oxygen atoms in total. The molecule has 2 rings (SSSR count). The Bertz CT molecular complexity index is 776. The summed E-state index contributed by atoms with van der Waals surface area (Å²) in [5.41, 5.74) is 0.397. The van der Waals surface area contributed by atoms with Gasteiger partial charge in [0.15, 0.2) is 0 Å². The van der Waals surface area contributed by atoms with Gasteiger partial charge in [0.1, 0.15) is 0 Å². The van der Waals surface area contributed by atoms with Crippen molar-refractivity contribution in [2.24, 2.45) is 0 Å². The quantitative estimate of drug-likeness (QED) is 0.379. The highest BCUT2D eigenvalue weighted by Crippen LogP contribution is 2.15. The van der Waals surface area contributed by atoms with Crippen LogP contribution in [0.4, 0.5) is 0 Å². The Kier molecular flexibility index (Phi) is 10.5. The summed E-state index contributed by atoms with van der Waals surface area (Å²) in [6.45, 7) is 11.1. The third-order valence-corrected chi connectivity index (χ3v) is 6.59. The molecule has 0 unspecified atom stereocenters. The molecule has 1 fully saturated rings. The minimum absolute atomic E-state index is 0.0920. The van der Waals surface area contributed by atoms with Crippen molar-refractivity contribution in [3.8, 4) is 0 Å². The van der Waals surface area contributed by atoms with Crippen LogP contribution in [0.5, 0.6) is 0 Å². The van der Waals surface area contributed by atoms with Crippen molar-refractivity contribution in [1.82, 2.24) is 14.5 Å². The Hall–Kier alpha value is -1.74. The van der Waals surface area contributed by atoms with Gasteiger partial charge in [0.2, 0.25) is 10.0 Å². The van der Waals surface area contributed by atoms with E-state index in [0.717, 1.165) is 58.5 Å². The third kappa shape index (κ3) is 7.83. The molecule has 1 N–H and O–H groups in total. The molecular formula is C22H35N3O4S. The summed E-state index contributed by atoms with van der Waals surface area (Å²) < 4.78 is 32.7. The Morgan fingerprint density at radius 2 is 2.00 bits per heavy atom. The normalized spacial score (nSPS) is 15.1. The zero-order chi connectivity index (χ0) is 21.8. The molecule has 1 aliphatic heterocycles. The first-order chi connectivity index (χ1) is 14.5. The predicted octanol–water partition coefficient (Wildman–Crippen LogP) is 2.51. The number of benzene rings is 1. The number of carbonyl (C=O) groups excluding carboxylic acids is 1. The smallest absolute Gasteiger partial charge is 0.253 e. The van der Waals surface area contributed by atoms with E-state index in [4.69, 9.17) is 4.74 Å². The van der Waals surface area contributed by atoms with Crippen molar-refractivity contribution < 1.29 is 17.9 Å². The predicted molar refractivity (Wildman–Crippen MR) is 119 cm³/mol. The van der Waals surface area contributed by atoms with E-state index in [9.17, 15) is 13.2 Å². The minimum Gasteiger partial charge on any atom is -0.379 e. The van der Waals surface area contributed by atoms with Crippen molar-refractivity contribution >= 4 is 15.9 Å². The van der Waals surface area contributed by atoms with Gasteiger partial charge in [0.05, 0.1) is 18.1 Å². The number of unbranched alkanes of at least 4 members (excludes halogenated alkanes) is 3. The zero-order valence-electron chi connectivity index (χ0n) is 18.0. The molecule has 30 heavy (non-hydrogen) atoms. The molecule has 1 amide bonds. The second-order valence-corrected chi connectivity index (χ2v) is 9.24. The molecular weight excluding hydrogens is 402 g/mol.